The van der Waals surface area contributed by atoms with Crippen LogP contribution in [-0.4, -0.2) is 62.5 Å². The first-order chi connectivity index (χ1) is 11.0. The molecule has 2 atom stereocenters. The first-order valence-electron chi connectivity index (χ1n) is 7.96. The Kier molecular flexibility index (Phi) is 5.98. The first-order valence-corrected chi connectivity index (χ1v) is 7.96. The summed E-state index contributed by atoms with van der Waals surface area (Å²) in [7, 11) is 5.76. The van der Waals surface area contributed by atoms with E-state index >= 15 is 0 Å². The highest BCUT2D eigenvalue weighted by Gasteiger charge is 2.38. The summed E-state index contributed by atoms with van der Waals surface area (Å²) in [6.45, 7) is 1.89. The number of hydrogen-bond donors (Lipinski definition) is 2. The van der Waals surface area contributed by atoms with Gasteiger partial charge in [0.2, 0.25) is 5.91 Å². The molecule has 1 aliphatic heterocycles. The van der Waals surface area contributed by atoms with Crippen LogP contribution in [0, 0.1) is 5.92 Å². The second-order valence-electron chi connectivity index (χ2n) is 6.26. The van der Waals surface area contributed by atoms with Crippen LogP contribution in [0.15, 0.2) is 30.3 Å². The fourth-order valence-electron chi connectivity index (χ4n) is 2.96. The Morgan fingerprint density at radius 1 is 1.26 bits per heavy atom. The van der Waals surface area contributed by atoms with Crippen LogP contribution in [0.25, 0.3) is 0 Å². The molecule has 0 saturated carbocycles. The number of nitrogens with one attached hydrogen (secondary N) is 2. The highest BCUT2D eigenvalue weighted by Crippen LogP contribution is 2.36. The lowest BCUT2D eigenvalue weighted by atomic mass is 9.94. The van der Waals surface area contributed by atoms with Crippen LogP contribution in [0.1, 0.15) is 18.0 Å². The van der Waals surface area contributed by atoms with E-state index in [0.29, 0.717) is 19.5 Å². The summed E-state index contributed by atoms with van der Waals surface area (Å²) in [5.41, 5.74) is 1.11. The number of rotatable bonds is 6. The van der Waals surface area contributed by atoms with Crippen molar-refractivity contribution in [2.45, 2.75) is 12.5 Å². The smallest absolute Gasteiger partial charge is 0.314 e. The number of nitrogens with zero attached hydrogens (tertiary/aromatic N) is 2. The van der Waals surface area contributed by atoms with Crippen LogP contribution in [0.3, 0.4) is 0 Å². The molecule has 3 amide bonds. The molecule has 0 unspecified atom stereocenters. The number of benzene rings is 1. The Morgan fingerprint density at radius 2 is 1.96 bits per heavy atom. The van der Waals surface area contributed by atoms with E-state index < -0.39 is 0 Å². The molecule has 0 aliphatic carbocycles. The molecule has 2 rings (SSSR count). The van der Waals surface area contributed by atoms with Crippen molar-refractivity contribution in [3.63, 3.8) is 0 Å². The Labute approximate surface area is 137 Å². The van der Waals surface area contributed by atoms with E-state index in [1.54, 1.807) is 4.90 Å². The molecule has 0 aromatic heterocycles. The van der Waals surface area contributed by atoms with Crippen LogP contribution < -0.4 is 10.6 Å². The van der Waals surface area contributed by atoms with Gasteiger partial charge in [0.05, 0.1) is 6.04 Å². The molecular weight excluding hydrogens is 292 g/mol. The minimum Gasteiger partial charge on any atom is -0.338 e. The van der Waals surface area contributed by atoms with Gasteiger partial charge in [0.15, 0.2) is 0 Å². The van der Waals surface area contributed by atoms with E-state index in [9.17, 15) is 9.59 Å². The average Bonchev–Trinajstić information content (AvgIpc) is 2.80. The van der Waals surface area contributed by atoms with Gasteiger partial charge in [-0.1, -0.05) is 30.3 Å². The zero-order chi connectivity index (χ0) is 16.8. The maximum Gasteiger partial charge on any atom is 0.314 e. The summed E-state index contributed by atoms with van der Waals surface area (Å²) < 4.78 is 0. The molecular formula is C17H26N4O2. The average molecular weight is 318 g/mol. The fraction of sp³-hybridized carbons (Fsp3) is 0.529. The normalized spacial score (nSPS) is 20.9. The molecule has 1 aliphatic rings. The molecule has 6 heteroatoms. The second kappa shape index (κ2) is 7.97. The fourth-order valence-corrected chi connectivity index (χ4v) is 2.96. The van der Waals surface area contributed by atoms with Crippen molar-refractivity contribution in [1.82, 2.24) is 20.4 Å². The third-order valence-corrected chi connectivity index (χ3v) is 4.20. The van der Waals surface area contributed by atoms with Crippen molar-refractivity contribution in [3.05, 3.63) is 35.9 Å². The van der Waals surface area contributed by atoms with Gasteiger partial charge < -0.3 is 20.4 Å². The highest BCUT2D eigenvalue weighted by atomic mass is 16.2. The summed E-state index contributed by atoms with van der Waals surface area (Å²) in [4.78, 5) is 27.7. The lowest BCUT2D eigenvalue weighted by molar-refractivity contribution is -0.127. The Balaban J connectivity index is 1.90. The van der Waals surface area contributed by atoms with Gasteiger partial charge in [-0.05, 0) is 19.7 Å². The molecule has 1 fully saturated rings. The molecule has 1 saturated heterocycles. The van der Waals surface area contributed by atoms with E-state index in [1.807, 2.05) is 56.4 Å². The molecule has 6 nitrogen and oxygen atoms in total. The molecule has 1 aromatic rings. The maximum absolute atomic E-state index is 12.1. The number of likely N-dealkylation sites (tertiary alicyclic amines) is 1. The minimum atomic E-state index is -0.180. The molecule has 0 spiro atoms. The molecule has 0 radical (unpaired) electrons. The number of urea groups is 1. The summed E-state index contributed by atoms with van der Waals surface area (Å²) in [5.74, 6) is 0.216. The monoisotopic (exact) mass is 318 g/mol. The predicted molar refractivity (Wildman–Crippen MR) is 90.0 cm³/mol. The third-order valence-electron chi connectivity index (χ3n) is 4.20. The van der Waals surface area contributed by atoms with Crippen molar-refractivity contribution in [3.8, 4) is 0 Å². The second-order valence-corrected chi connectivity index (χ2v) is 6.26. The summed E-state index contributed by atoms with van der Waals surface area (Å²) in [6.07, 6.45) is 0.466. The van der Waals surface area contributed by atoms with Crippen LogP contribution in [0.4, 0.5) is 4.79 Å². The van der Waals surface area contributed by atoms with E-state index in [1.165, 1.54) is 0 Å². The van der Waals surface area contributed by atoms with E-state index in [4.69, 9.17) is 0 Å². The van der Waals surface area contributed by atoms with Gasteiger partial charge in [-0.25, -0.2) is 4.79 Å². The number of carbonyl (C=O) groups excluding carboxylic acids is 2. The Morgan fingerprint density at radius 3 is 2.61 bits per heavy atom. The van der Waals surface area contributed by atoms with Gasteiger partial charge in [-0.3, -0.25) is 4.79 Å². The zero-order valence-electron chi connectivity index (χ0n) is 14.1. The van der Waals surface area contributed by atoms with Crippen LogP contribution >= 0.6 is 0 Å². The van der Waals surface area contributed by atoms with E-state index in [0.717, 1.165) is 12.1 Å². The SMILES string of the molecule is CN(C)CCNC(=O)NC[C@@H]1CC(=O)N(C)[C@H]1c1ccccc1. The number of amides is 3. The predicted octanol–water partition coefficient (Wildman–Crippen LogP) is 1.07. The van der Waals surface area contributed by atoms with Crippen molar-refractivity contribution in [2.75, 3.05) is 40.8 Å². The van der Waals surface area contributed by atoms with Gasteiger partial charge in [0.25, 0.3) is 0 Å². The minimum absolute atomic E-state index is 0.0192. The van der Waals surface area contributed by atoms with Gasteiger partial charge in [-0.15, -0.1) is 0 Å². The maximum atomic E-state index is 12.1. The van der Waals surface area contributed by atoms with Crippen molar-refractivity contribution in [2.24, 2.45) is 5.92 Å². The van der Waals surface area contributed by atoms with Gasteiger partial charge in [0.1, 0.15) is 0 Å². The molecule has 0 bridgehead atoms. The van der Waals surface area contributed by atoms with Crippen LogP contribution in [0.5, 0.6) is 0 Å². The largest absolute Gasteiger partial charge is 0.338 e. The highest BCUT2D eigenvalue weighted by molar-refractivity contribution is 5.80. The standard InChI is InChI=1S/C17H26N4O2/c1-20(2)10-9-18-17(23)19-12-14-11-15(22)21(3)16(14)13-7-5-4-6-8-13/h4-8,14,16H,9-12H2,1-3H3,(H2,18,19,23)/t14-,16-/m0/s1. The van der Waals surface area contributed by atoms with Crippen molar-refractivity contribution in [1.29, 1.82) is 0 Å². The third kappa shape index (κ3) is 4.69. The summed E-state index contributed by atoms with van der Waals surface area (Å²) in [5, 5.41) is 5.72. The quantitative estimate of drug-likeness (QED) is 0.824. The van der Waals surface area contributed by atoms with Crippen LogP contribution in [-0.2, 0) is 4.79 Å². The molecule has 2 N–H and O–H groups in total. The topological polar surface area (TPSA) is 64.7 Å². The molecule has 1 aromatic carbocycles. The van der Waals surface area contributed by atoms with E-state index in [-0.39, 0.29) is 23.9 Å². The lowest BCUT2D eigenvalue weighted by Crippen LogP contribution is -2.41. The van der Waals surface area contributed by atoms with Gasteiger partial charge in [0, 0.05) is 39.0 Å². The summed E-state index contributed by atoms with van der Waals surface area (Å²) >= 11 is 0. The van der Waals surface area contributed by atoms with Crippen LogP contribution in [0.2, 0.25) is 0 Å². The molecule has 126 valence electrons. The number of carbonyl (C=O) groups is 2. The zero-order valence-corrected chi connectivity index (χ0v) is 14.1. The lowest BCUT2D eigenvalue weighted by Gasteiger charge is -2.25. The molecule has 1 heterocycles. The van der Waals surface area contributed by atoms with Gasteiger partial charge >= 0.3 is 6.03 Å². The van der Waals surface area contributed by atoms with Gasteiger partial charge in [-0.2, -0.15) is 0 Å². The van der Waals surface area contributed by atoms with Crippen molar-refractivity contribution < 1.29 is 9.59 Å². The number of likely N-dealkylation sites (N-methyl/N-ethyl adjacent to an activating group) is 1. The van der Waals surface area contributed by atoms with E-state index in [2.05, 4.69) is 10.6 Å². The first kappa shape index (κ1) is 17.3. The number of hydrogen-bond acceptors (Lipinski definition) is 3. The Hall–Kier alpha value is -2.08. The molecule has 23 heavy (non-hydrogen) atoms. The van der Waals surface area contributed by atoms with Crippen molar-refractivity contribution >= 4 is 11.9 Å². The Bertz CT molecular complexity index is 533. The summed E-state index contributed by atoms with van der Waals surface area (Å²) in [6, 6.07) is 9.82.